The molecule has 0 aromatic heterocycles. The number of likely N-dealkylation sites (tertiary alicyclic amines) is 3. The highest BCUT2D eigenvalue weighted by molar-refractivity contribution is 5.88. The number of methoxy groups -OCH3 is 1. The number of esters is 1. The molecule has 0 unspecified atom stereocenters. The molecule has 32 heavy (non-hydrogen) atoms. The van der Waals surface area contributed by atoms with Crippen molar-refractivity contribution in [2.75, 3.05) is 46.4 Å². The summed E-state index contributed by atoms with van der Waals surface area (Å²) in [5.74, 6) is -0.349. The zero-order valence-corrected chi connectivity index (χ0v) is 18.7. The minimum Gasteiger partial charge on any atom is -0.469 e. The zero-order chi connectivity index (χ0) is 22.5. The highest BCUT2D eigenvalue weighted by Gasteiger charge is 2.43. The van der Waals surface area contributed by atoms with Gasteiger partial charge in [0.15, 0.2) is 0 Å². The number of nitriles is 1. The third kappa shape index (κ3) is 4.57. The van der Waals surface area contributed by atoms with E-state index in [1.807, 2.05) is 34.2 Å². The van der Waals surface area contributed by atoms with Crippen molar-refractivity contribution in [3.05, 3.63) is 35.9 Å². The highest BCUT2D eigenvalue weighted by Crippen LogP contribution is 2.32. The minimum absolute atomic E-state index is 0.0402. The first-order valence-electron chi connectivity index (χ1n) is 11.5. The van der Waals surface area contributed by atoms with Gasteiger partial charge in [0.1, 0.15) is 0 Å². The lowest BCUT2D eigenvalue weighted by atomic mass is 9.84. The maximum Gasteiger partial charge on any atom is 0.311 e. The van der Waals surface area contributed by atoms with Crippen LogP contribution in [-0.4, -0.2) is 78.9 Å². The molecule has 0 N–H and O–H groups in total. The Hall–Kier alpha value is -3.08. The third-order valence-electron chi connectivity index (χ3n) is 7.03. The van der Waals surface area contributed by atoms with Crippen LogP contribution in [0.2, 0.25) is 0 Å². The fourth-order valence-corrected chi connectivity index (χ4v) is 5.31. The van der Waals surface area contributed by atoms with Crippen LogP contribution in [0.3, 0.4) is 0 Å². The van der Waals surface area contributed by atoms with Gasteiger partial charge < -0.3 is 19.4 Å². The van der Waals surface area contributed by atoms with E-state index in [9.17, 15) is 14.9 Å². The van der Waals surface area contributed by atoms with E-state index in [1.165, 1.54) is 12.7 Å². The highest BCUT2D eigenvalue weighted by atomic mass is 16.5. The number of hydrogen-bond donors (Lipinski definition) is 0. The second kappa shape index (κ2) is 10.0. The predicted molar refractivity (Wildman–Crippen MR) is 119 cm³/mol. The van der Waals surface area contributed by atoms with E-state index in [4.69, 9.17) is 4.74 Å². The predicted octanol–water partition coefficient (Wildman–Crippen LogP) is 2.05. The van der Waals surface area contributed by atoms with Crippen molar-refractivity contribution in [3.63, 3.8) is 0 Å². The molecule has 0 radical (unpaired) electrons. The molecule has 0 saturated carbocycles. The van der Waals surface area contributed by atoms with Crippen LogP contribution in [0.25, 0.3) is 0 Å². The van der Waals surface area contributed by atoms with Gasteiger partial charge in [0.05, 0.1) is 18.9 Å². The molecule has 4 rings (SSSR count). The molecule has 3 atom stereocenters. The Morgan fingerprint density at radius 2 is 1.69 bits per heavy atom. The number of amides is 1. The average Bonchev–Trinajstić information content (AvgIpc) is 3.54. The van der Waals surface area contributed by atoms with Crippen LogP contribution in [0.1, 0.15) is 37.2 Å². The summed E-state index contributed by atoms with van der Waals surface area (Å²) in [6, 6.07) is 10.3. The molecule has 8 nitrogen and oxygen atoms in total. The number of ether oxygens (including phenoxy) is 1. The van der Waals surface area contributed by atoms with Crippen molar-refractivity contribution in [2.24, 2.45) is 16.8 Å². The van der Waals surface area contributed by atoms with Crippen LogP contribution < -0.4 is 0 Å². The molecule has 1 amide bonds. The van der Waals surface area contributed by atoms with Gasteiger partial charge in [-0.25, -0.2) is 0 Å². The SMILES string of the molecule is COC(=O)[C@H]1CN(/C(=N/C#N)N2CCCC2)CC[C@@H]1C(=O)N1CC[C@H](c2ccccc2)C1. The summed E-state index contributed by atoms with van der Waals surface area (Å²) in [6.07, 6.45) is 5.53. The molecule has 1 aromatic carbocycles. The van der Waals surface area contributed by atoms with Gasteiger partial charge in [0, 0.05) is 45.2 Å². The Bertz CT molecular complexity index is 891. The summed E-state index contributed by atoms with van der Waals surface area (Å²) in [7, 11) is 1.37. The van der Waals surface area contributed by atoms with Gasteiger partial charge in [-0.1, -0.05) is 30.3 Å². The number of piperidine rings is 1. The van der Waals surface area contributed by atoms with Crippen molar-refractivity contribution >= 4 is 17.8 Å². The van der Waals surface area contributed by atoms with E-state index >= 15 is 0 Å². The Balaban J connectivity index is 1.47. The number of hydrogen-bond acceptors (Lipinski definition) is 5. The van der Waals surface area contributed by atoms with Crippen molar-refractivity contribution in [1.29, 1.82) is 5.26 Å². The Labute approximate surface area is 189 Å². The molecule has 8 heteroatoms. The summed E-state index contributed by atoms with van der Waals surface area (Å²) in [4.78, 5) is 36.2. The first kappa shape index (κ1) is 22.1. The van der Waals surface area contributed by atoms with E-state index in [-0.39, 0.29) is 11.9 Å². The summed E-state index contributed by atoms with van der Waals surface area (Å²) in [6.45, 7) is 4.05. The molecule has 3 aliphatic heterocycles. The van der Waals surface area contributed by atoms with Crippen LogP contribution in [-0.2, 0) is 14.3 Å². The van der Waals surface area contributed by atoms with Gasteiger partial charge in [-0.2, -0.15) is 5.26 Å². The van der Waals surface area contributed by atoms with Gasteiger partial charge in [-0.3, -0.25) is 9.59 Å². The van der Waals surface area contributed by atoms with Crippen LogP contribution in [0.15, 0.2) is 35.3 Å². The number of aliphatic imine (C=N–C) groups is 1. The van der Waals surface area contributed by atoms with E-state index in [0.29, 0.717) is 44.5 Å². The van der Waals surface area contributed by atoms with E-state index < -0.39 is 11.8 Å². The molecule has 3 aliphatic rings. The standard InChI is InChI=1S/C24H31N5O3/c1-32-23(31)21-16-29(24(26-17-25)27-11-5-6-12-27)14-10-20(21)22(30)28-13-9-19(15-28)18-7-3-2-4-8-18/h2-4,7-8,19-21H,5-6,9-16H2,1H3/b26-24+/t19-,20-,21-/m0/s1. The van der Waals surface area contributed by atoms with Crippen LogP contribution in [0.4, 0.5) is 0 Å². The second-order valence-corrected chi connectivity index (χ2v) is 8.86. The molecular formula is C24H31N5O3. The van der Waals surface area contributed by atoms with Gasteiger partial charge >= 0.3 is 5.97 Å². The largest absolute Gasteiger partial charge is 0.469 e. The molecule has 0 aliphatic carbocycles. The van der Waals surface area contributed by atoms with Crippen molar-refractivity contribution < 1.29 is 14.3 Å². The summed E-state index contributed by atoms with van der Waals surface area (Å²) < 4.78 is 5.08. The van der Waals surface area contributed by atoms with Gasteiger partial charge in [0.2, 0.25) is 18.1 Å². The number of rotatable bonds is 3. The summed E-state index contributed by atoms with van der Waals surface area (Å²) in [5.41, 5.74) is 1.25. The lowest BCUT2D eigenvalue weighted by Gasteiger charge is -2.40. The molecule has 3 fully saturated rings. The van der Waals surface area contributed by atoms with Gasteiger partial charge in [-0.15, -0.1) is 4.99 Å². The molecule has 0 spiro atoms. The van der Waals surface area contributed by atoms with Crippen LogP contribution in [0.5, 0.6) is 0 Å². The maximum atomic E-state index is 13.5. The van der Waals surface area contributed by atoms with Gasteiger partial charge in [0.25, 0.3) is 0 Å². The Morgan fingerprint density at radius 1 is 0.969 bits per heavy atom. The first-order valence-corrected chi connectivity index (χ1v) is 11.5. The lowest BCUT2D eigenvalue weighted by Crippen LogP contribution is -2.54. The zero-order valence-electron chi connectivity index (χ0n) is 18.7. The normalized spacial score (nSPS) is 26.2. The first-order chi connectivity index (χ1) is 15.6. The summed E-state index contributed by atoms with van der Waals surface area (Å²) >= 11 is 0. The number of benzene rings is 1. The maximum absolute atomic E-state index is 13.5. The minimum atomic E-state index is -0.566. The molecule has 3 saturated heterocycles. The molecular weight excluding hydrogens is 406 g/mol. The van der Waals surface area contributed by atoms with Crippen LogP contribution >= 0.6 is 0 Å². The van der Waals surface area contributed by atoms with E-state index in [2.05, 4.69) is 22.0 Å². The monoisotopic (exact) mass is 437 g/mol. The van der Waals surface area contributed by atoms with E-state index in [1.54, 1.807) is 0 Å². The molecule has 0 bridgehead atoms. The number of guanidine groups is 1. The molecule has 3 heterocycles. The third-order valence-corrected chi connectivity index (χ3v) is 7.03. The fourth-order valence-electron chi connectivity index (χ4n) is 5.31. The Kier molecular flexibility index (Phi) is 6.93. The van der Waals surface area contributed by atoms with Crippen molar-refractivity contribution in [1.82, 2.24) is 14.7 Å². The second-order valence-electron chi connectivity index (χ2n) is 8.86. The number of carbonyl (C=O) groups is 2. The number of carbonyl (C=O) groups excluding carboxylic acids is 2. The quantitative estimate of drug-likeness (QED) is 0.311. The smallest absolute Gasteiger partial charge is 0.311 e. The average molecular weight is 438 g/mol. The molecule has 1 aromatic rings. The van der Waals surface area contributed by atoms with E-state index in [0.717, 1.165) is 32.4 Å². The topological polar surface area (TPSA) is 89.2 Å². The van der Waals surface area contributed by atoms with Crippen LogP contribution in [0, 0.1) is 23.3 Å². The Morgan fingerprint density at radius 3 is 2.38 bits per heavy atom. The summed E-state index contributed by atoms with van der Waals surface area (Å²) in [5, 5.41) is 9.21. The fraction of sp³-hybridized carbons (Fsp3) is 0.583. The van der Waals surface area contributed by atoms with Crippen molar-refractivity contribution in [2.45, 2.75) is 31.6 Å². The number of nitrogens with zero attached hydrogens (tertiary/aromatic N) is 5. The van der Waals surface area contributed by atoms with Gasteiger partial charge in [-0.05, 0) is 31.2 Å². The molecule has 170 valence electrons. The lowest BCUT2D eigenvalue weighted by molar-refractivity contribution is -0.155. The van der Waals surface area contributed by atoms with Crippen molar-refractivity contribution in [3.8, 4) is 6.19 Å².